The molecule has 4 aromatic carbocycles. The van der Waals surface area contributed by atoms with Gasteiger partial charge in [0.15, 0.2) is 14.1 Å². The number of carbonyl (C=O) groups is 2. The average molecular weight is 722 g/mol. The summed E-state index contributed by atoms with van der Waals surface area (Å²) in [6.45, 7) is 13.8. The predicted molar refractivity (Wildman–Crippen MR) is 208 cm³/mol. The standard InChI is InChI=1S/C42H47NO6SSi/c1-42(2,3)51(5,6)49-24-23-47-33-18-16-30(17-19-33)41-39(35-21-20-34(26-37(35)50-41)48-28-29-11-8-7-9-12-29)40(45)31-14-15-32(36(25-31)46-4)27-43-22-10-13-38(43)44/h7-9,11-12,14-21,25-26H,10,13,22-24,27-28H2,1-6H3. The Morgan fingerprint density at radius 2 is 1.63 bits per heavy atom. The zero-order chi connectivity index (χ0) is 36.2. The van der Waals surface area contributed by atoms with E-state index in [9.17, 15) is 9.59 Å². The number of hydrogen-bond acceptors (Lipinski definition) is 7. The SMILES string of the molecule is COc1cc(C(=O)c2c(-c3ccc(OCCO[Si](C)(C)C(C)(C)C)cc3)sc3cc(OCc4ccccc4)ccc23)ccc1CN1CCCC1=O. The molecule has 0 unspecified atom stereocenters. The molecule has 1 aliphatic heterocycles. The highest BCUT2D eigenvalue weighted by Crippen LogP contribution is 2.42. The van der Waals surface area contributed by atoms with Crippen molar-refractivity contribution in [1.29, 1.82) is 0 Å². The van der Waals surface area contributed by atoms with E-state index >= 15 is 0 Å². The second-order valence-corrected chi connectivity index (χ2v) is 20.4. The fourth-order valence-corrected chi connectivity index (χ4v) is 8.21. The summed E-state index contributed by atoms with van der Waals surface area (Å²) in [5.74, 6) is 2.13. The number of hydrogen-bond donors (Lipinski definition) is 0. The van der Waals surface area contributed by atoms with Crippen LogP contribution in [0.4, 0.5) is 0 Å². The number of methoxy groups -OCH3 is 1. The van der Waals surface area contributed by atoms with Crippen molar-refractivity contribution in [2.24, 2.45) is 0 Å². The second kappa shape index (κ2) is 15.4. The lowest BCUT2D eigenvalue weighted by atomic mass is 9.96. The Kier molecular flexibility index (Phi) is 11.0. The number of ether oxygens (including phenoxy) is 3. The molecule has 9 heteroatoms. The number of benzene rings is 4. The molecule has 0 radical (unpaired) electrons. The molecule has 6 rings (SSSR count). The molecule has 0 spiro atoms. The Labute approximate surface area is 306 Å². The number of nitrogens with zero attached hydrogens (tertiary/aromatic N) is 1. The highest BCUT2D eigenvalue weighted by Gasteiger charge is 2.37. The number of carbonyl (C=O) groups excluding carboxylic acids is 2. The normalized spacial score (nSPS) is 13.5. The van der Waals surface area contributed by atoms with Crippen LogP contribution in [0.3, 0.4) is 0 Å². The van der Waals surface area contributed by atoms with Crippen LogP contribution in [0.15, 0.2) is 91.0 Å². The number of amides is 1. The van der Waals surface area contributed by atoms with E-state index in [-0.39, 0.29) is 16.7 Å². The van der Waals surface area contributed by atoms with Gasteiger partial charge in [0.25, 0.3) is 0 Å². The van der Waals surface area contributed by atoms with Crippen molar-refractivity contribution < 1.29 is 28.2 Å². The van der Waals surface area contributed by atoms with E-state index in [1.807, 2.05) is 89.8 Å². The molecule has 0 saturated carbocycles. The quantitative estimate of drug-likeness (QED) is 0.0646. The minimum Gasteiger partial charge on any atom is -0.496 e. The number of thiophene rings is 1. The van der Waals surface area contributed by atoms with Gasteiger partial charge in [-0.25, -0.2) is 0 Å². The van der Waals surface area contributed by atoms with Crippen molar-refractivity contribution in [3.63, 3.8) is 0 Å². The van der Waals surface area contributed by atoms with Crippen LogP contribution >= 0.6 is 11.3 Å². The van der Waals surface area contributed by atoms with Gasteiger partial charge in [0.05, 0.1) is 13.7 Å². The monoisotopic (exact) mass is 721 g/mol. The predicted octanol–water partition coefficient (Wildman–Crippen LogP) is 9.91. The smallest absolute Gasteiger partial charge is 0.222 e. The largest absolute Gasteiger partial charge is 0.496 e. The van der Waals surface area contributed by atoms with Crippen LogP contribution in [-0.4, -0.2) is 51.8 Å². The van der Waals surface area contributed by atoms with E-state index in [0.717, 1.165) is 56.1 Å². The molecule has 1 saturated heterocycles. The Balaban J connectivity index is 1.28. The molecular formula is C42H47NO6SSi. The summed E-state index contributed by atoms with van der Waals surface area (Å²) in [4.78, 5) is 29.5. The van der Waals surface area contributed by atoms with Crippen LogP contribution in [-0.2, 0) is 22.4 Å². The Bertz CT molecular complexity index is 2000. The summed E-state index contributed by atoms with van der Waals surface area (Å²) in [6.07, 6.45) is 1.44. The Morgan fingerprint density at radius 3 is 2.31 bits per heavy atom. The molecule has 51 heavy (non-hydrogen) atoms. The van der Waals surface area contributed by atoms with Gasteiger partial charge in [-0.3, -0.25) is 9.59 Å². The lowest BCUT2D eigenvalue weighted by molar-refractivity contribution is -0.128. The van der Waals surface area contributed by atoms with Crippen LogP contribution in [0.25, 0.3) is 20.5 Å². The summed E-state index contributed by atoms with van der Waals surface area (Å²) in [5, 5.41) is 1.00. The fourth-order valence-electron chi connectivity index (χ4n) is 5.95. The molecule has 2 heterocycles. The van der Waals surface area contributed by atoms with E-state index in [2.05, 4.69) is 33.9 Å². The lowest BCUT2D eigenvalue weighted by Gasteiger charge is -2.36. The minimum absolute atomic E-state index is 0.0978. The van der Waals surface area contributed by atoms with Crippen LogP contribution in [0.2, 0.25) is 18.1 Å². The Hall–Kier alpha value is -4.44. The van der Waals surface area contributed by atoms with Gasteiger partial charge in [0.1, 0.15) is 30.5 Å². The molecule has 5 aromatic rings. The number of rotatable bonds is 14. The van der Waals surface area contributed by atoms with Gasteiger partial charge in [0, 0.05) is 51.2 Å². The van der Waals surface area contributed by atoms with Crippen molar-refractivity contribution >= 4 is 41.4 Å². The first-order chi connectivity index (χ1) is 24.4. The van der Waals surface area contributed by atoms with Crippen molar-refractivity contribution in [3.05, 3.63) is 113 Å². The van der Waals surface area contributed by atoms with E-state index in [1.165, 1.54) is 0 Å². The van der Waals surface area contributed by atoms with Crippen molar-refractivity contribution in [2.75, 3.05) is 26.9 Å². The molecule has 0 N–H and O–H groups in total. The molecule has 1 aromatic heterocycles. The molecule has 0 aliphatic carbocycles. The maximum atomic E-state index is 14.5. The molecular weight excluding hydrogens is 675 g/mol. The van der Waals surface area contributed by atoms with Gasteiger partial charge in [-0.05, 0) is 84.2 Å². The summed E-state index contributed by atoms with van der Waals surface area (Å²) >= 11 is 1.57. The van der Waals surface area contributed by atoms with Crippen LogP contribution < -0.4 is 14.2 Å². The summed E-state index contributed by atoms with van der Waals surface area (Å²) < 4.78 is 25.2. The molecule has 1 amide bonds. The van der Waals surface area contributed by atoms with Crippen LogP contribution in [0.1, 0.15) is 60.7 Å². The Morgan fingerprint density at radius 1 is 0.882 bits per heavy atom. The van der Waals surface area contributed by atoms with E-state index in [0.29, 0.717) is 49.7 Å². The van der Waals surface area contributed by atoms with Crippen LogP contribution in [0, 0.1) is 0 Å². The van der Waals surface area contributed by atoms with Gasteiger partial charge < -0.3 is 23.5 Å². The number of fused-ring (bicyclic) bond motifs is 1. The molecule has 7 nitrogen and oxygen atoms in total. The van der Waals surface area contributed by atoms with Crippen molar-refractivity contribution in [2.45, 2.75) is 64.9 Å². The van der Waals surface area contributed by atoms with Gasteiger partial charge in [-0.2, -0.15) is 0 Å². The van der Waals surface area contributed by atoms with E-state index in [4.69, 9.17) is 18.6 Å². The van der Waals surface area contributed by atoms with Crippen molar-refractivity contribution in [1.82, 2.24) is 4.90 Å². The molecule has 0 bridgehead atoms. The third-order valence-corrected chi connectivity index (χ3v) is 15.7. The van der Waals surface area contributed by atoms with Crippen LogP contribution in [0.5, 0.6) is 17.2 Å². The third-order valence-electron chi connectivity index (χ3n) is 9.96. The maximum Gasteiger partial charge on any atom is 0.222 e. The maximum absolute atomic E-state index is 14.5. The first-order valence-corrected chi connectivity index (χ1v) is 21.3. The number of ketones is 1. The molecule has 1 aliphatic rings. The zero-order valence-electron chi connectivity index (χ0n) is 30.4. The topological polar surface area (TPSA) is 74.3 Å². The second-order valence-electron chi connectivity index (χ2n) is 14.5. The first kappa shape index (κ1) is 36.4. The highest BCUT2D eigenvalue weighted by atomic mass is 32.1. The molecule has 0 atom stereocenters. The molecule has 266 valence electrons. The van der Waals surface area contributed by atoms with Gasteiger partial charge >= 0.3 is 0 Å². The summed E-state index contributed by atoms with van der Waals surface area (Å²) in [6, 6.07) is 29.4. The van der Waals surface area contributed by atoms with Gasteiger partial charge in [-0.1, -0.05) is 63.2 Å². The zero-order valence-corrected chi connectivity index (χ0v) is 32.2. The van der Waals surface area contributed by atoms with Gasteiger partial charge in [0.2, 0.25) is 5.91 Å². The fraction of sp³-hybridized carbons (Fsp3) is 0.333. The third kappa shape index (κ3) is 8.38. The minimum atomic E-state index is -1.85. The van der Waals surface area contributed by atoms with Gasteiger partial charge in [-0.15, -0.1) is 11.3 Å². The lowest BCUT2D eigenvalue weighted by Crippen LogP contribution is -2.41. The van der Waals surface area contributed by atoms with Crippen molar-refractivity contribution in [3.8, 4) is 27.7 Å². The highest BCUT2D eigenvalue weighted by molar-refractivity contribution is 7.22. The number of likely N-dealkylation sites (tertiary alicyclic amines) is 1. The van der Waals surface area contributed by atoms with E-state index in [1.54, 1.807) is 24.5 Å². The average Bonchev–Trinajstić information content (AvgIpc) is 3.71. The summed E-state index contributed by atoms with van der Waals surface area (Å²) in [7, 11) is -0.247. The summed E-state index contributed by atoms with van der Waals surface area (Å²) in [5.41, 5.74) is 4.04. The van der Waals surface area contributed by atoms with E-state index < -0.39 is 8.32 Å². The molecule has 1 fully saturated rings. The first-order valence-electron chi connectivity index (χ1n) is 17.5.